The van der Waals surface area contributed by atoms with Gasteiger partial charge in [-0.25, -0.2) is 24.4 Å². The number of benzene rings is 3. The number of halogens is 2. The van der Waals surface area contributed by atoms with Crippen LogP contribution in [0.5, 0.6) is 11.5 Å². The maximum Gasteiger partial charge on any atom is 0.586 e. The molecule has 0 atom stereocenters. The van der Waals surface area contributed by atoms with Crippen LogP contribution in [0.2, 0.25) is 0 Å². The predicted octanol–water partition coefficient (Wildman–Crippen LogP) is 7.67. The van der Waals surface area contributed by atoms with E-state index < -0.39 is 23.9 Å². The number of anilines is 2. The third kappa shape index (κ3) is 16.8. The molecule has 0 aliphatic carbocycles. The van der Waals surface area contributed by atoms with Crippen molar-refractivity contribution in [1.82, 2.24) is 45.9 Å². The van der Waals surface area contributed by atoms with Gasteiger partial charge in [0.05, 0.1) is 25.5 Å². The van der Waals surface area contributed by atoms with Crippen molar-refractivity contribution in [3.8, 4) is 34.6 Å². The van der Waals surface area contributed by atoms with E-state index in [9.17, 15) is 28.0 Å². The highest BCUT2D eigenvalue weighted by Gasteiger charge is 2.43. The molecule has 1 aliphatic rings. The monoisotopic (exact) mass is 1050 g/mol. The number of amides is 4. The molecule has 0 fully saturated rings. The van der Waals surface area contributed by atoms with Crippen LogP contribution in [0.1, 0.15) is 86.0 Å². The summed E-state index contributed by atoms with van der Waals surface area (Å²) in [5.41, 5.74) is 5.40. The highest BCUT2D eigenvalue weighted by molar-refractivity contribution is 7.99. The first-order valence-corrected chi connectivity index (χ1v) is 25.5. The average molecular weight is 1050 g/mol. The number of hydrogen-bond donors (Lipinski definition) is 5. The minimum atomic E-state index is -3.67. The Bertz CT molecular complexity index is 3050. The van der Waals surface area contributed by atoms with E-state index in [-0.39, 0.29) is 56.0 Å². The van der Waals surface area contributed by atoms with Gasteiger partial charge in [0, 0.05) is 61.0 Å². The maximum atomic E-state index is 13.3. The van der Waals surface area contributed by atoms with Crippen molar-refractivity contribution in [3.63, 3.8) is 0 Å². The van der Waals surface area contributed by atoms with Crippen LogP contribution in [0.15, 0.2) is 84.0 Å². The molecule has 0 radical (unpaired) electrons. The Morgan fingerprint density at radius 3 is 2.40 bits per heavy atom. The zero-order valence-corrected chi connectivity index (χ0v) is 43.1. The van der Waals surface area contributed by atoms with E-state index in [1.165, 1.54) is 23.9 Å². The van der Waals surface area contributed by atoms with Crippen LogP contribution >= 0.6 is 11.8 Å². The number of pyridine rings is 1. The number of nitrogens with zero attached hydrogens (tertiary/aromatic N) is 6. The number of carbonyl (C=O) groups excluding carboxylic acids is 4. The zero-order valence-electron chi connectivity index (χ0n) is 42.3. The van der Waals surface area contributed by atoms with Crippen molar-refractivity contribution in [1.29, 1.82) is 0 Å². The number of thioether (sulfide) groups is 1. The molecular formula is C53H59F2N11O8S. The summed E-state index contributed by atoms with van der Waals surface area (Å²) in [6.07, 6.45) is -1.20. The summed E-state index contributed by atoms with van der Waals surface area (Å²) in [4.78, 5) is 64.5. The van der Waals surface area contributed by atoms with Crippen LogP contribution in [0.4, 0.5) is 25.2 Å². The van der Waals surface area contributed by atoms with E-state index in [4.69, 9.17) is 14.5 Å². The average Bonchev–Trinajstić information content (AvgIpc) is 3.93. The molecule has 1 aliphatic heterocycles. The summed E-state index contributed by atoms with van der Waals surface area (Å²) in [6.45, 7) is 11.3. The fraction of sp³-hybridized carbons (Fsp3) is 0.377. The van der Waals surface area contributed by atoms with Crippen molar-refractivity contribution >= 4 is 58.4 Å². The lowest BCUT2D eigenvalue weighted by atomic mass is 10.0. The molecule has 0 unspecified atom stereocenters. The Hall–Kier alpha value is -7.90. The molecule has 19 nitrogen and oxygen atoms in total. The summed E-state index contributed by atoms with van der Waals surface area (Å²) in [7, 11) is 0. The van der Waals surface area contributed by atoms with Gasteiger partial charge in [-0.15, -0.1) is 13.9 Å². The number of unbranched alkanes of at least 4 members (excludes halogenated alkanes) is 1. The van der Waals surface area contributed by atoms with Gasteiger partial charge in [-0.1, -0.05) is 66.2 Å². The third-order valence-corrected chi connectivity index (χ3v) is 11.9. The van der Waals surface area contributed by atoms with Crippen molar-refractivity contribution in [2.24, 2.45) is 0 Å². The van der Waals surface area contributed by atoms with Crippen LogP contribution < -0.4 is 36.1 Å². The Morgan fingerprint density at radius 2 is 1.61 bits per heavy atom. The van der Waals surface area contributed by atoms with Gasteiger partial charge in [-0.2, -0.15) is 0 Å². The van der Waals surface area contributed by atoms with Gasteiger partial charge in [-0.05, 0) is 113 Å². The van der Waals surface area contributed by atoms with Gasteiger partial charge in [0.15, 0.2) is 33.6 Å². The predicted molar refractivity (Wildman–Crippen MR) is 279 cm³/mol. The minimum Gasteiger partial charge on any atom is -0.444 e. The van der Waals surface area contributed by atoms with Crippen molar-refractivity contribution in [3.05, 3.63) is 107 Å². The van der Waals surface area contributed by atoms with Gasteiger partial charge in [0.25, 0.3) is 11.8 Å². The Morgan fingerprint density at radius 1 is 0.840 bits per heavy atom. The Labute approximate surface area is 437 Å². The van der Waals surface area contributed by atoms with E-state index in [1.807, 2.05) is 43.3 Å². The first-order chi connectivity index (χ1) is 36.0. The quantitative estimate of drug-likeness (QED) is 0.0179. The number of rotatable bonds is 23. The molecular weight excluding hydrogens is 989 g/mol. The number of nitrogens with one attached hydrogen (secondary N) is 5. The van der Waals surface area contributed by atoms with E-state index in [1.54, 1.807) is 55.8 Å². The van der Waals surface area contributed by atoms with Crippen molar-refractivity contribution in [2.45, 2.75) is 90.3 Å². The van der Waals surface area contributed by atoms with Gasteiger partial charge >= 0.3 is 12.4 Å². The molecule has 0 saturated heterocycles. The first-order valence-electron chi connectivity index (χ1n) is 24.5. The second kappa shape index (κ2) is 25.9. The number of aryl methyl sites for hydroxylation is 2. The first kappa shape index (κ1) is 54.9. The topological polar surface area (TPSA) is 235 Å². The van der Waals surface area contributed by atoms with Crippen LogP contribution in [-0.4, -0.2) is 111 Å². The summed E-state index contributed by atoms with van der Waals surface area (Å²) in [5, 5.41) is 23.7. The molecule has 3 aromatic carbocycles. The summed E-state index contributed by atoms with van der Waals surface area (Å²) in [6, 6.07) is 22.7. The minimum absolute atomic E-state index is 0.00582. The maximum absolute atomic E-state index is 13.3. The SMILES string of the molecule is CCCSc1nc(NCCNC(=O)OC(C)(C)C)c2nnn(Cc3ccc(C#CC(=O)NCCOCCNC(=O)c4cccc(-c5nc(NC(=O)CCCCc6ccc7c(c6)OC(F)(F)O7)ccc5C)c4)cc3)c2n1. The smallest absolute Gasteiger partial charge is 0.444 e. The Kier molecular flexibility index (Phi) is 18.9. The van der Waals surface area contributed by atoms with Gasteiger partial charge in [0.1, 0.15) is 11.4 Å². The van der Waals surface area contributed by atoms with Crippen molar-refractivity contribution < 1.29 is 46.9 Å². The molecule has 3 aromatic heterocycles. The normalized spacial score (nSPS) is 12.4. The van der Waals surface area contributed by atoms with Crippen LogP contribution in [0.25, 0.3) is 22.4 Å². The summed E-state index contributed by atoms with van der Waals surface area (Å²) >= 11 is 1.53. The van der Waals surface area contributed by atoms with Gasteiger partial charge in [0.2, 0.25) is 5.91 Å². The van der Waals surface area contributed by atoms with E-state index >= 15 is 0 Å². The van der Waals surface area contributed by atoms with E-state index in [0.29, 0.717) is 89.2 Å². The van der Waals surface area contributed by atoms with Crippen LogP contribution in [-0.2, 0) is 32.0 Å². The molecule has 7 rings (SSSR count). The second-order valence-corrected chi connectivity index (χ2v) is 19.3. The number of carbonyl (C=O) groups is 4. The lowest BCUT2D eigenvalue weighted by molar-refractivity contribution is -0.286. The number of alkyl halides is 2. The lowest BCUT2D eigenvalue weighted by Gasteiger charge is -2.19. The molecule has 0 saturated carbocycles. The second-order valence-electron chi connectivity index (χ2n) is 18.2. The van der Waals surface area contributed by atoms with Gasteiger partial charge in [-0.3, -0.25) is 14.4 Å². The molecule has 5 N–H and O–H groups in total. The number of fused-ring (bicyclic) bond motifs is 2. The fourth-order valence-electron chi connectivity index (χ4n) is 7.37. The highest BCUT2D eigenvalue weighted by Crippen LogP contribution is 2.41. The van der Waals surface area contributed by atoms with Gasteiger partial charge < -0.3 is 45.5 Å². The number of hydrogen-bond acceptors (Lipinski definition) is 15. The van der Waals surface area contributed by atoms with Crippen LogP contribution in [0, 0.1) is 18.8 Å². The number of alkyl carbamates (subject to hydrolysis) is 1. The van der Waals surface area contributed by atoms with E-state index in [2.05, 4.69) is 75.1 Å². The van der Waals surface area contributed by atoms with Crippen molar-refractivity contribution in [2.75, 3.05) is 55.8 Å². The number of ether oxygens (including phenoxy) is 4. The molecule has 4 amide bonds. The zero-order chi connectivity index (χ0) is 53.4. The molecule has 0 bridgehead atoms. The lowest BCUT2D eigenvalue weighted by Crippen LogP contribution is -2.35. The molecule has 4 heterocycles. The molecule has 6 aromatic rings. The standard InChI is InChI=1S/C53H59F2N11O8S/c1-6-30-75-50-62-47(57-24-25-59-51(70)74-52(3,4)5)46-48(63-50)66(65-64-46)33-37-17-15-35(16-18-37)20-23-43(67)56-26-28-71-29-27-58-49(69)39-12-9-11-38(32-39)45-34(2)14-22-42(61-45)60-44(68)13-8-7-10-36-19-21-40-41(31-36)73-53(54,55)72-40/h9,11-12,14-19,21-22,31-32H,6-8,10,13,24-30,33H2,1-5H3,(H,56,67)(H,58,69)(H,59,70)(H,57,62,63)(H,60,61,68). The molecule has 22 heteroatoms. The number of aromatic nitrogens is 6. The highest BCUT2D eigenvalue weighted by atomic mass is 32.2. The summed E-state index contributed by atoms with van der Waals surface area (Å²) in [5.74, 6) is 6.20. The van der Waals surface area contributed by atoms with Crippen LogP contribution in [0.3, 0.4) is 0 Å². The molecule has 75 heavy (non-hydrogen) atoms. The Balaban J connectivity index is 0.796. The largest absolute Gasteiger partial charge is 0.586 e. The third-order valence-electron chi connectivity index (χ3n) is 10.9. The van der Waals surface area contributed by atoms with E-state index in [0.717, 1.165) is 28.9 Å². The fourth-order valence-corrected chi connectivity index (χ4v) is 8.06. The summed E-state index contributed by atoms with van der Waals surface area (Å²) < 4.78 is 48.3. The molecule has 0 spiro atoms. The molecule has 394 valence electrons.